The summed E-state index contributed by atoms with van der Waals surface area (Å²) in [5.74, 6) is 0.874. The number of nitrogens with one attached hydrogen (secondary N) is 2. The smallest absolute Gasteiger partial charge is 0.273 e. The van der Waals surface area contributed by atoms with Gasteiger partial charge < -0.3 is 21.1 Å². The average molecular weight is 333 g/mol. The molecule has 0 bridgehead atoms. The number of nitro groups is 1. The molecule has 0 aliphatic carbocycles. The van der Waals surface area contributed by atoms with Crippen LogP contribution in [0.1, 0.15) is 12.0 Å². The molecule has 1 rings (SSSR count). The molecule has 0 saturated heterocycles. The lowest BCUT2D eigenvalue weighted by Crippen LogP contribution is -2.23. The third kappa shape index (κ3) is 13.0. The molecule has 0 aliphatic rings. The molecule has 0 unspecified atom stereocenters. The summed E-state index contributed by atoms with van der Waals surface area (Å²) in [7, 11) is 3.75. The molecule has 8 heteroatoms. The first kappa shape index (κ1) is 22.3. The number of hydrogen-bond donors (Lipinski definition) is 3. The highest BCUT2D eigenvalue weighted by Gasteiger charge is 1.97. The summed E-state index contributed by atoms with van der Waals surface area (Å²) in [5, 5.41) is 15.6. The highest BCUT2D eigenvalue weighted by Crippen LogP contribution is 2.12. The van der Waals surface area contributed by atoms with Crippen molar-refractivity contribution in [3.8, 4) is 5.75 Å². The lowest BCUT2D eigenvalue weighted by Gasteiger charge is -2.07. The Morgan fingerprint density at radius 3 is 2.64 bits per heavy atom. The van der Waals surface area contributed by atoms with Gasteiger partial charge in [-0.05, 0) is 45.1 Å². The largest absolute Gasteiger partial charge is 0.494 e. The molecule has 0 radical (unpaired) electrons. The number of rotatable bonds is 7. The molecule has 0 atom stereocenters. The normalized spacial score (nSPS) is 9.86. The molecule has 0 aliphatic heterocycles. The second-order valence-electron chi connectivity index (χ2n) is 4.32. The molecule has 7 nitrogen and oxygen atoms in total. The zero-order chi connectivity index (χ0) is 16.1. The van der Waals surface area contributed by atoms with E-state index in [-0.39, 0.29) is 18.2 Å². The fraction of sp³-hybridized carbons (Fsp3) is 0.429. The van der Waals surface area contributed by atoms with Crippen LogP contribution in [-0.2, 0) is 0 Å². The van der Waals surface area contributed by atoms with Crippen LogP contribution in [0.3, 0.4) is 0 Å². The van der Waals surface area contributed by atoms with Gasteiger partial charge in [0, 0.05) is 6.54 Å². The lowest BCUT2D eigenvalue weighted by molar-refractivity contribution is -0.403. The average Bonchev–Trinajstić information content (AvgIpc) is 2.38. The van der Waals surface area contributed by atoms with Gasteiger partial charge in [-0.3, -0.25) is 10.1 Å². The van der Waals surface area contributed by atoms with Gasteiger partial charge in [-0.25, -0.2) is 0 Å². The van der Waals surface area contributed by atoms with Gasteiger partial charge in [0.2, 0.25) is 0 Å². The van der Waals surface area contributed by atoms with Crippen molar-refractivity contribution in [3.63, 3.8) is 0 Å². The van der Waals surface area contributed by atoms with Gasteiger partial charge in [-0.2, -0.15) is 0 Å². The van der Waals surface area contributed by atoms with Gasteiger partial charge >= 0.3 is 0 Å². The summed E-state index contributed by atoms with van der Waals surface area (Å²) in [6.45, 7) is 3.06. The van der Waals surface area contributed by atoms with E-state index in [1.165, 1.54) is 0 Å². The third-order valence-corrected chi connectivity index (χ3v) is 2.15. The van der Waals surface area contributed by atoms with Crippen molar-refractivity contribution in [2.24, 2.45) is 5.73 Å². The van der Waals surface area contributed by atoms with Crippen molar-refractivity contribution < 1.29 is 9.66 Å². The van der Waals surface area contributed by atoms with Gasteiger partial charge in [-0.1, -0.05) is 12.1 Å². The topological polar surface area (TPSA) is 102 Å². The number of ether oxygens (including phenoxy) is 1. The lowest BCUT2D eigenvalue weighted by atomic mass is 10.2. The highest BCUT2D eigenvalue weighted by molar-refractivity contribution is 5.85. The molecular weight excluding hydrogens is 308 g/mol. The van der Waals surface area contributed by atoms with Gasteiger partial charge in [0.25, 0.3) is 6.20 Å². The number of nitrogens with two attached hydrogens (primary N) is 1. The fourth-order valence-corrected chi connectivity index (χ4v) is 1.36. The van der Waals surface area contributed by atoms with Gasteiger partial charge in [0.1, 0.15) is 5.75 Å². The molecule has 0 aromatic heterocycles. The molecule has 22 heavy (non-hydrogen) atoms. The van der Waals surface area contributed by atoms with E-state index in [9.17, 15) is 10.1 Å². The van der Waals surface area contributed by atoms with E-state index in [1.54, 1.807) is 0 Å². The minimum absolute atomic E-state index is 0. The summed E-state index contributed by atoms with van der Waals surface area (Å²) in [6.07, 6.45) is 1.45. The zero-order valence-electron chi connectivity index (χ0n) is 13.2. The van der Waals surface area contributed by atoms with Crippen LogP contribution in [0.5, 0.6) is 5.75 Å². The van der Waals surface area contributed by atoms with Crippen LogP contribution in [0, 0.1) is 17.0 Å². The van der Waals surface area contributed by atoms with Gasteiger partial charge in [0.15, 0.2) is 5.82 Å². The van der Waals surface area contributed by atoms with Crippen LogP contribution in [0.15, 0.2) is 36.3 Å². The van der Waals surface area contributed by atoms with Crippen LogP contribution in [-0.4, -0.2) is 32.2 Å². The predicted octanol–water partition coefficient (Wildman–Crippen LogP) is 1.65. The minimum Gasteiger partial charge on any atom is -0.494 e. The number of aryl methyl sites for hydroxylation is 1. The minimum atomic E-state index is -0.592. The van der Waals surface area contributed by atoms with Crippen molar-refractivity contribution in [2.45, 2.75) is 13.3 Å². The molecule has 0 spiro atoms. The Kier molecular flexibility index (Phi) is 14.2. The first-order chi connectivity index (χ1) is 9.99. The Labute approximate surface area is 137 Å². The van der Waals surface area contributed by atoms with Crippen LogP contribution >= 0.6 is 12.4 Å². The van der Waals surface area contributed by atoms with Crippen molar-refractivity contribution in [2.75, 3.05) is 27.2 Å². The van der Waals surface area contributed by atoms with Crippen molar-refractivity contribution >= 4 is 12.4 Å². The van der Waals surface area contributed by atoms with Crippen molar-refractivity contribution in [1.29, 1.82) is 0 Å². The molecule has 126 valence electrons. The van der Waals surface area contributed by atoms with E-state index in [0.29, 0.717) is 19.6 Å². The summed E-state index contributed by atoms with van der Waals surface area (Å²) >= 11 is 0. The van der Waals surface area contributed by atoms with Gasteiger partial charge in [0.05, 0.1) is 11.5 Å². The summed E-state index contributed by atoms with van der Waals surface area (Å²) < 4.78 is 5.52. The Bertz CT molecular complexity index is 455. The Balaban J connectivity index is 0. The maximum absolute atomic E-state index is 10.1. The van der Waals surface area contributed by atoms with E-state index in [2.05, 4.69) is 10.6 Å². The molecule has 4 N–H and O–H groups in total. The molecule has 0 heterocycles. The van der Waals surface area contributed by atoms with E-state index in [1.807, 2.05) is 45.3 Å². The van der Waals surface area contributed by atoms with Crippen LogP contribution in [0.4, 0.5) is 0 Å². The first-order valence-corrected chi connectivity index (χ1v) is 6.62. The molecule has 1 aromatic rings. The fourth-order valence-electron chi connectivity index (χ4n) is 1.36. The van der Waals surface area contributed by atoms with Crippen LogP contribution in [0.25, 0.3) is 0 Å². The monoisotopic (exact) mass is 332 g/mol. The van der Waals surface area contributed by atoms with Gasteiger partial charge in [-0.15, -0.1) is 12.4 Å². The van der Waals surface area contributed by atoms with E-state index in [0.717, 1.165) is 17.5 Å². The van der Waals surface area contributed by atoms with Crippen LogP contribution in [0.2, 0.25) is 0 Å². The highest BCUT2D eigenvalue weighted by atomic mass is 35.5. The Hall–Kier alpha value is -1.99. The molecule has 0 fully saturated rings. The Morgan fingerprint density at radius 1 is 1.45 bits per heavy atom. The standard InChI is InChI=1S/C12H17N3O3.C2H7N.ClH/c1-10-4-2-5-11(8-10)18-7-3-6-14-12(13)9-15(16)17;1-3-2;/h2,4-5,8-9,14H,3,6-7,13H2,1H3;3H,1-2H3;1H. The summed E-state index contributed by atoms with van der Waals surface area (Å²) in [4.78, 5) is 9.51. The molecule has 0 amide bonds. The van der Waals surface area contributed by atoms with E-state index in [4.69, 9.17) is 10.5 Å². The maximum Gasteiger partial charge on any atom is 0.273 e. The van der Waals surface area contributed by atoms with Crippen molar-refractivity contribution in [1.82, 2.24) is 10.6 Å². The van der Waals surface area contributed by atoms with E-state index < -0.39 is 4.92 Å². The second kappa shape index (κ2) is 14.0. The third-order valence-electron chi connectivity index (χ3n) is 2.15. The Morgan fingerprint density at radius 2 is 2.09 bits per heavy atom. The number of nitrogens with zero attached hydrogens (tertiary/aromatic N) is 1. The predicted molar refractivity (Wildman–Crippen MR) is 90.8 cm³/mol. The van der Waals surface area contributed by atoms with Crippen molar-refractivity contribution in [3.05, 3.63) is 52.0 Å². The SMILES string of the molecule is CNC.Cc1cccc(OCCCNC(N)=C[N+](=O)[O-])c1.Cl. The first-order valence-electron chi connectivity index (χ1n) is 6.62. The van der Waals surface area contributed by atoms with E-state index >= 15 is 0 Å². The quantitative estimate of drug-likeness (QED) is 0.398. The molecular formula is C14H25ClN4O3. The number of benzene rings is 1. The molecule has 1 aromatic carbocycles. The number of halogens is 1. The second-order valence-corrected chi connectivity index (χ2v) is 4.32. The number of hydrogen-bond acceptors (Lipinski definition) is 6. The summed E-state index contributed by atoms with van der Waals surface area (Å²) in [6, 6.07) is 7.77. The van der Waals surface area contributed by atoms with Crippen LogP contribution < -0.4 is 21.1 Å². The maximum atomic E-state index is 10.1. The summed E-state index contributed by atoms with van der Waals surface area (Å²) in [5.41, 5.74) is 6.50. The molecule has 0 saturated carbocycles. The zero-order valence-corrected chi connectivity index (χ0v) is 14.0.